The first-order valence-electron chi connectivity index (χ1n) is 6.85. The Hall–Kier alpha value is -0.580. The SMILES string of the molecule is COCCn1ncc(Cl)c1C1(O)CCCCC1(C)C. The third-order valence-electron chi connectivity index (χ3n) is 4.40. The van der Waals surface area contributed by atoms with Crippen molar-refractivity contribution in [3.8, 4) is 0 Å². The zero-order valence-electron chi connectivity index (χ0n) is 11.9. The van der Waals surface area contributed by atoms with E-state index in [-0.39, 0.29) is 5.41 Å². The highest BCUT2D eigenvalue weighted by Gasteiger charge is 2.49. The fourth-order valence-electron chi connectivity index (χ4n) is 3.05. The molecule has 1 saturated carbocycles. The van der Waals surface area contributed by atoms with Crippen LogP contribution >= 0.6 is 11.6 Å². The summed E-state index contributed by atoms with van der Waals surface area (Å²) in [7, 11) is 1.66. The summed E-state index contributed by atoms with van der Waals surface area (Å²) >= 11 is 6.29. The van der Waals surface area contributed by atoms with E-state index in [1.807, 2.05) is 0 Å². The first-order valence-corrected chi connectivity index (χ1v) is 7.23. The lowest BCUT2D eigenvalue weighted by Gasteiger charge is -2.46. The Labute approximate surface area is 119 Å². The number of aliphatic hydroxyl groups is 1. The molecular formula is C14H23ClN2O2. The molecule has 19 heavy (non-hydrogen) atoms. The van der Waals surface area contributed by atoms with Crippen LogP contribution < -0.4 is 0 Å². The summed E-state index contributed by atoms with van der Waals surface area (Å²) in [4.78, 5) is 0. The van der Waals surface area contributed by atoms with Gasteiger partial charge in [-0.25, -0.2) is 0 Å². The quantitative estimate of drug-likeness (QED) is 0.926. The molecule has 1 aromatic rings. The minimum absolute atomic E-state index is 0.195. The van der Waals surface area contributed by atoms with E-state index < -0.39 is 5.60 Å². The summed E-state index contributed by atoms with van der Waals surface area (Å²) < 4.78 is 6.89. The molecule has 1 fully saturated rings. The first kappa shape index (κ1) is 14.8. The number of hydrogen-bond acceptors (Lipinski definition) is 3. The van der Waals surface area contributed by atoms with E-state index in [0.29, 0.717) is 18.2 Å². The molecule has 1 aliphatic carbocycles. The Morgan fingerprint density at radius 2 is 2.11 bits per heavy atom. The highest BCUT2D eigenvalue weighted by Crippen LogP contribution is 2.51. The Balaban J connectivity index is 2.41. The molecule has 0 bridgehead atoms. The summed E-state index contributed by atoms with van der Waals surface area (Å²) in [6.45, 7) is 5.38. The van der Waals surface area contributed by atoms with Crippen molar-refractivity contribution in [3.05, 3.63) is 16.9 Å². The summed E-state index contributed by atoms with van der Waals surface area (Å²) in [5.41, 5.74) is -0.359. The molecule has 0 saturated heterocycles. The van der Waals surface area contributed by atoms with Crippen LogP contribution in [0.4, 0.5) is 0 Å². The van der Waals surface area contributed by atoms with Gasteiger partial charge in [0, 0.05) is 7.11 Å². The van der Waals surface area contributed by atoms with Crippen LogP contribution in [0.2, 0.25) is 5.02 Å². The number of nitrogens with zero attached hydrogens (tertiary/aromatic N) is 2. The lowest BCUT2D eigenvalue weighted by atomic mass is 9.64. The van der Waals surface area contributed by atoms with E-state index in [0.717, 1.165) is 31.4 Å². The fourth-order valence-corrected chi connectivity index (χ4v) is 3.35. The lowest BCUT2D eigenvalue weighted by molar-refractivity contribution is -0.110. The van der Waals surface area contributed by atoms with Crippen LogP contribution in [-0.4, -0.2) is 28.6 Å². The Kier molecular flexibility index (Phi) is 4.23. The van der Waals surface area contributed by atoms with Crippen molar-refractivity contribution in [2.24, 2.45) is 5.41 Å². The number of hydrogen-bond donors (Lipinski definition) is 1. The fraction of sp³-hybridized carbons (Fsp3) is 0.786. The minimum Gasteiger partial charge on any atom is -0.383 e. The molecule has 1 aliphatic rings. The second kappa shape index (κ2) is 5.43. The van der Waals surface area contributed by atoms with E-state index in [1.165, 1.54) is 0 Å². The topological polar surface area (TPSA) is 47.3 Å². The molecule has 1 N–H and O–H groups in total. The molecule has 0 aliphatic heterocycles. The van der Waals surface area contributed by atoms with Gasteiger partial charge in [0.25, 0.3) is 0 Å². The molecule has 1 aromatic heterocycles. The van der Waals surface area contributed by atoms with Crippen LogP contribution in [0.15, 0.2) is 6.20 Å². The van der Waals surface area contributed by atoms with Gasteiger partial charge >= 0.3 is 0 Å². The van der Waals surface area contributed by atoms with Gasteiger partial charge < -0.3 is 9.84 Å². The Morgan fingerprint density at radius 1 is 1.42 bits per heavy atom. The van der Waals surface area contributed by atoms with Crippen LogP contribution in [0.5, 0.6) is 0 Å². The van der Waals surface area contributed by atoms with Crippen molar-refractivity contribution in [2.75, 3.05) is 13.7 Å². The monoisotopic (exact) mass is 286 g/mol. The van der Waals surface area contributed by atoms with E-state index >= 15 is 0 Å². The first-order chi connectivity index (χ1) is 8.92. The third-order valence-corrected chi connectivity index (χ3v) is 4.68. The van der Waals surface area contributed by atoms with Gasteiger partial charge in [0.1, 0.15) is 5.60 Å². The average molecular weight is 287 g/mol. The maximum Gasteiger partial charge on any atom is 0.113 e. The maximum absolute atomic E-state index is 11.2. The van der Waals surface area contributed by atoms with Gasteiger partial charge in [0.2, 0.25) is 0 Å². The smallest absolute Gasteiger partial charge is 0.113 e. The second-order valence-electron chi connectivity index (χ2n) is 6.01. The van der Waals surface area contributed by atoms with Crippen molar-refractivity contribution in [1.82, 2.24) is 9.78 Å². The molecule has 0 aromatic carbocycles. The highest BCUT2D eigenvalue weighted by atomic mass is 35.5. The van der Waals surface area contributed by atoms with E-state index in [2.05, 4.69) is 18.9 Å². The van der Waals surface area contributed by atoms with Crippen LogP contribution in [0.3, 0.4) is 0 Å². The van der Waals surface area contributed by atoms with Gasteiger partial charge in [-0.15, -0.1) is 0 Å². The van der Waals surface area contributed by atoms with Crippen molar-refractivity contribution < 1.29 is 9.84 Å². The molecule has 5 heteroatoms. The third kappa shape index (κ3) is 2.54. The standard InChI is InChI=1S/C14H23ClN2O2/c1-13(2)6-4-5-7-14(13,18)12-11(15)10-16-17(12)8-9-19-3/h10,18H,4-9H2,1-3H3. The lowest BCUT2D eigenvalue weighted by Crippen LogP contribution is -2.46. The van der Waals surface area contributed by atoms with Gasteiger partial charge in [-0.2, -0.15) is 5.10 Å². The van der Waals surface area contributed by atoms with Gasteiger partial charge in [-0.05, 0) is 18.3 Å². The summed E-state index contributed by atoms with van der Waals surface area (Å²) in [5.74, 6) is 0. The molecule has 108 valence electrons. The molecule has 1 atom stereocenters. The maximum atomic E-state index is 11.2. The van der Waals surface area contributed by atoms with E-state index in [9.17, 15) is 5.11 Å². The average Bonchev–Trinajstić information content (AvgIpc) is 2.72. The van der Waals surface area contributed by atoms with Crippen molar-refractivity contribution in [3.63, 3.8) is 0 Å². The number of methoxy groups -OCH3 is 1. The molecule has 1 heterocycles. The molecule has 1 unspecified atom stereocenters. The molecule has 0 spiro atoms. The van der Waals surface area contributed by atoms with Crippen molar-refractivity contribution in [2.45, 2.75) is 51.7 Å². The van der Waals surface area contributed by atoms with Crippen LogP contribution in [0, 0.1) is 5.41 Å². The largest absolute Gasteiger partial charge is 0.383 e. The van der Waals surface area contributed by atoms with E-state index in [1.54, 1.807) is 18.0 Å². The predicted molar refractivity (Wildman–Crippen MR) is 75.3 cm³/mol. The normalized spacial score (nSPS) is 26.6. The van der Waals surface area contributed by atoms with E-state index in [4.69, 9.17) is 16.3 Å². The van der Waals surface area contributed by atoms with Crippen molar-refractivity contribution >= 4 is 11.6 Å². The zero-order valence-corrected chi connectivity index (χ0v) is 12.7. The highest BCUT2D eigenvalue weighted by molar-refractivity contribution is 6.31. The molecule has 0 radical (unpaired) electrons. The number of aromatic nitrogens is 2. The van der Waals surface area contributed by atoms with Crippen molar-refractivity contribution in [1.29, 1.82) is 0 Å². The number of rotatable bonds is 4. The zero-order chi connectivity index (χ0) is 14.1. The predicted octanol–water partition coefficient (Wildman–Crippen LogP) is 2.97. The van der Waals surface area contributed by atoms with Crippen LogP contribution in [0.1, 0.15) is 45.2 Å². The van der Waals surface area contributed by atoms with Gasteiger partial charge in [-0.1, -0.05) is 38.3 Å². The molecule has 2 rings (SSSR count). The minimum atomic E-state index is -0.910. The summed E-state index contributed by atoms with van der Waals surface area (Å²) in [5, 5.41) is 16.1. The molecular weight excluding hydrogens is 264 g/mol. The summed E-state index contributed by atoms with van der Waals surface area (Å²) in [6.07, 6.45) is 5.52. The number of ether oxygens (including phenoxy) is 1. The molecule has 0 amide bonds. The second-order valence-corrected chi connectivity index (χ2v) is 6.42. The summed E-state index contributed by atoms with van der Waals surface area (Å²) in [6, 6.07) is 0. The van der Waals surface area contributed by atoms with Crippen LogP contribution in [-0.2, 0) is 16.9 Å². The Bertz CT molecular complexity index is 445. The van der Waals surface area contributed by atoms with Crippen LogP contribution in [0.25, 0.3) is 0 Å². The van der Waals surface area contributed by atoms with Gasteiger partial charge in [0.15, 0.2) is 0 Å². The Morgan fingerprint density at radius 3 is 2.74 bits per heavy atom. The van der Waals surface area contributed by atoms with Gasteiger partial charge in [-0.3, -0.25) is 4.68 Å². The number of halogens is 1. The molecule has 4 nitrogen and oxygen atoms in total. The van der Waals surface area contributed by atoms with Gasteiger partial charge in [0.05, 0.1) is 30.1 Å².